The van der Waals surface area contributed by atoms with Crippen molar-refractivity contribution in [3.63, 3.8) is 0 Å². The van der Waals surface area contributed by atoms with Crippen LogP contribution in [0.4, 0.5) is 11.6 Å². The van der Waals surface area contributed by atoms with Gasteiger partial charge in [0.1, 0.15) is 11.6 Å². The summed E-state index contributed by atoms with van der Waals surface area (Å²) >= 11 is 1.51. The Morgan fingerprint density at radius 1 is 1.53 bits per heavy atom. The van der Waals surface area contributed by atoms with Crippen LogP contribution in [0.25, 0.3) is 0 Å². The van der Waals surface area contributed by atoms with Gasteiger partial charge in [-0.2, -0.15) is 0 Å². The number of aromatic nitrogens is 2. The van der Waals surface area contributed by atoms with E-state index in [2.05, 4.69) is 21.8 Å². The van der Waals surface area contributed by atoms with Gasteiger partial charge in [-0.25, -0.2) is 9.97 Å². The summed E-state index contributed by atoms with van der Waals surface area (Å²) in [6.45, 7) is 3.78. The van der Waals surface area contributed by atoms with Crippen LogP contribution in [0, 0.1) is 5.92 Å². The van der Waals surface area contributed by atoms with E-state index in [-0.39, 0.29) is 0 Å². The largest absolute Gasteiger partial charge is 0.383 e. The van der Waals surface area contributed by atoms with Gasteiger partial charge in [0.15, 0.2) is 5.16 Å². The minimum atomic E-state index is 0.471. The molecule has 0 aromatic carbocycles. The molecule has 1 aliphatic carbocycles. The van der Waals surface area contributed by atoms with E-state index >= 15 is 0 Å². The Morgan fingerprint density at radius 3 is 2.84 bits per heavy atom. The number of hydrogen-bond acceptors (Lipinski definition) is 6. The maximum Gasteiger partial charge on any atom is 0.191 e. The first-order chi connectivity index (χ1) is 9.15. The number of methoxy groups -OCH3 is 1. The number of nitrogens with zero attached hydrogens (tertiary/aromatic N) is 3. The summed E-state index contributed by atoms with van der Waals surface area (Å²) in [6, 6.07) is 2.33. The maximum absolute atomic E-state index is 5.87. The van der Waals surface area contributed by atoms with Crippen molar-refractivity contribution in [2.45, 2.75) is 31.0 Å². The normalized spacial score (nSPS) is 16.4. The van der Waals surface area contributed by atoms with Crippen LogP contribution in [-0.2, 0) is 4.74 Å². The van der Waals surface area contributed by atoms with Gasteiger partial charge in [0.05, 0.1) is 6.61 Å². The highest BCUT2D eigenvalue weighted by molar-refractivity contribution is 7.98. The lowest BCUT2D eigenvalue weighted by molar-refractivity contribution is 0.202. The summed E-state index contributed by atoms with van der Waals surface area (Å²) in [4.78, 5) is 11.1. The third kappa shape index (κ3) is 3.73. The molecule has 0 aliphatic heterocycles. The third-order valence-electron chi connectivity index (χ3n) is 3.52. The van der Waals surface area contributed by atoms with Crippen molar-refractivity contribution in [3.8, 4) is 0 Å². The lowest BCUT2D eigenvalue weighted by Crippen LogP contribution is -2.38. The lowest BCUT2D eigenvalue weighted by atomic mass is 10.2. The monoisotopic (exact) mass is 282 g/mol. The second-order valence-corrected chi connectivity index (χ2v) is 5.68. The van der Waals surface area contributed by atoms with Crippen LogP contribution in [-0.4, -0.2) is 42.5 Å². The molecule has 0 amide bonds. The number of hydrogen-bond donors (Lipinski definition) is 1. The molecule has 0 saturated heterocycles. The Kier molecular flexibility index (Phi) is 4.87. The van der Waals surface area contributed by atoms with Crippen molar-refractivity contribution in [2.75, 3.05) is 37.2 Å². The van der Waals surface area contributed by atoms with E-state index < -0.39 is 0 Å². The molecule has 1 aromatic rings. The van der Waals surface area contributed by atoms with E-state index in [4.69, 9.17) is 10.5 Å². The quantitative estimate of drug-likeness (QED) is 0.610. The second-order valence-electron chi connectivity index (χ2n) is 4.90. The summed E-state index contributed by atoms with van der Waals surface area (Å²) in [5.74, 6) is 2.21. The van der Waals surface area contributed by atoms with Gasteiger partial charge in [-0.05, 0) is 31.9 Å². The van der Waals surface area contributed by atoms with Crippen molar-refractivity contribution in [1.82, 2.24) is 9.97 Å². The summed E-state index contributed by atoms with van der Waals surface area (Å²) in [5, 5.41) is 0.723. The Labute approximate surface area is 118 Å². The van der Waals surface area contributed by atoms with Gasteiger partial charge in [-0.15, -0.1) is 0 Å². The zero-order chi connectivity index (χ0) is 13.8. The molecule has 1 unspecified atom stereocenters. The first kappa shape index (κ1) is 14.4. The topological polar surface area (TPSA) is 64.3 Å². The van der Waals surface area contributed by atoms with Crippen molar-refractivity contribution in [2.24, 2.45) is 5.92 Å². The van der Waals surface area contributed by atoms with Gasteiger partial charge in [0.25, 0.3) is 0 Å². The lowest BCUT2D eigenvalue weighted by Gasteiger charge is -2.30. The zero-order valence-electron chi connectivity index (χ0n) is 11.8. The third-order valence-corrected chi connectivity index (χ3v) is 4.07. The van der Waals surface area contributed by atoms with Crippen LogP contribution in [0.5, 0.6) is 0 Å². The standard InChI is InChI=1S/C13H22N4OS/c1-9(10-4-5-10)17(6-7-18-2)12-8-11(14)15-13(16-12)19-3/h8-10H,4-7H2,1-3H3,(H2,14,15,16). The van der Waals surface area contributed by atoms with E-state index in [1.54, 1.807) is 7.11 Å². The Morgan fingerprint density at radius 2 is 2.26 bits per heavy atom. The maximum atomic E-state index is 5.87. The van der Waals surface area contributed by atoms with Crippen LogP contribution in [0.3, 0.4) is 0 Å². The van der Waals surface area contributed by atoms with Crippen molar-refractivity contribution in [3.05, 3.63) is 6.07 Å². The summed E-state index contributed by atoms with van der Waals surface area (Å²) in [6.07, 6.45) is 4.57. The average Bonchev–Trinajstić information content (AvgIpc) is 3.22. The number of rotatable bonds is 7. The van der Waals surface area contributed by atoms with Gasteiger partial charge in [-0.1, -0.05) is 11.8 Å². The van der Waals surface area contributed by atoms with Crippen molar-refractivity contribution < 1.29 is 4.74 Å². The van der Waals surface area contributed by atoms with Gasteiger partial charge < -0.3 is 15.4 Å². The Bertz CT molecular complexity index is 425. The number of nitrogens with two attached hydrogens (primary N) is 1. The first-order valence-electron chi connectivity index (χ1n) is 6.59. The second kappa shape index (κ2) is 6.43. The average molecular weight is 282 g/mol. The molecule has 0 radical (unpaired) electrons. The number of thioether (sulfide) groups is 1. The van der Waals surface area contributed by atoms with Crippen LogP contribution in [0.15, 0.2) is 11.2 Å². The van der Waals surface area contributed by atoms with Crippen molar-refractivity contribution >= 4 is 23.4 Å². The number of anilines is 2. The van der Waals surface area contributed by atoms with Crippen LogP contribution in [0.1, 0.15) is 19.8 Å². The summed E-state index contributed by atoms with van der Waals surface area (Å²) < 4.78 is 5.21. The highest BCUT2D eigenvalue weighted by atomic mass is 32.2. The van der Waals surface area contributed by atoms with E-state index in [0.29, 0.717) is 18.5 Å². The van der Waals surface area contributed by atoms with Crippen LogP contribution in [0.2, 0.25) is 0 Å². The molecule has 1 aliphatic rings. The molecule has 0 spiro atoms. The zero-order valence-corrected chi connectivity index (χ0v) is 12.6. The van der Waals surface area contributed by atoms with Gasteiger partial charge >= 0.3 is 0 Å². The van der Waals surface area contributed by atoms with E-state index in [9.17, 15) is 0 Å². The number of ether oxygens (including phenoxy) is 1. The minimum absolute atomic E-state index is 0.471. The molecule has 1 atom stereocenters. The fraction of sp³-hybridized carbons (Fsp3) is 0.692. The molecule has 0 bridgehead atoms. The molecule has 6 heteroatoms. The smallest absolute Gasteiger partial charge is 0.191 e. The fourth-order valence-electron chi connectivity index (χ4n) is 2.22. The van der Waals surface area contributed by atoms with Crippen LogP contribution >= 0.6 is 11.8 Å². The molecule has 106 valence electrons. The molecule has 1 saturated carbocycles. The molecule has 1 aromatic heterocycles. The molecular formula is C13H22N4OS. The van der Waals surface area contributed by atoms with Gasteiger partial charge in [-0.3, -0.25) is 0 Å². The van der Waals surface area contributed by atoms with E-state index in [1.807, 2.05) is 12.3 Å². The summed E-state index contributed by atoms with van der Waals surface area (Å²) in [7, 11) is 1.72. The van der Waals surface area contributed by atoms with Crippen molar-refractivity contribution in [1.29, 1.82) is 0 Å². The highest BCUT2D eigenvalue weighted by Crippen LogP contribution is 2.36. The summed E-state index contributed by atoms with van der Waals surface area (Å²) in [5.41, 5.74) is 5.87. The van der Waals surface area contributed by atoms with E-state index in [1.165, 1.54) is 24.6 Å². The highest BCUT2D eigenvalue weighted by Gasteiger charge is 2.32. The molecule has 1 heterocycles. The predicted molar refractivity (Wildman–Crippen MR) is 79.6 cm³/mol. The van der Waals surface area contributed by atoms with E-state index in [0.717, 1.165) is 23.4 Å². The predicted octanol–water partition coefficient (Wildman–Crippen LogP) is 2.03. The number of nitrogen functional groups attached to an aromatic ring is 1. The minimum Gasteiger partial charge on any atom is -0.383 e. The van der Waals surface area contributed by atoms with Gasteiger partial charge in [0.2, 0.25) is 0 Å². The molecule has 5 nitrogen and oxygen atoms in total. The first-order valence-corrected chi connectivity index (χ1v) is 7.82. The van der Waals surface area contributed by atoms with Crippen LogP contribution < -0.4 is 10.6 Å². The molecule has 2 N–H and O–H groups in total. The molecule has 19 heavy (non-hydrogen) atoms. The van der Waals surface area contributed by atoms with Gasteiger partial charge in [0, 0.05) is 25.8 Å². The SMILES string of the molecule is COCCN(c1cc(N)nc(SC)n1)C(C)C1CC1. The Hall–Kier alpha value is -1.01. The molecule has 2 rings (SSSR count). The molecular weight excluding hydrogens is 260 g/mol. The Balaban J connectivity index is 2.22. The fourth-order valence-corrected chi connectivity index (χ4v) is 2.60. The molecule has 1 fully saturated rings.